The second-order valence-corrected chi connectivity index (χ2v) is 5.51. The van der Waals surface area contributed by atoms with E-state index >= 15 is 0 Å². The van der Waals surface area contributed by atoms with Gasteiger partial charge in [0.05, 0.1) is 18.8 Å². The van der Waals surface area contributed by atoms with Gasteiger partial charge < -0.3 is 4.74 Å². The van der Waals surface area contributed by atoms with Crippen LogP contribution < -0.4 is 0 Å². The predicted molar refractivity (Wildman–Crippen MR) is 81.1 cm³/mol. The highest BCUT2D eigenvalue weighted by Gasteiger charge is 2.19. The molecule has 0 aliphatic heterocycles. The topological polar surface area (TPSA) is 33.0 Å². The number of hydrogen-bond acceptors (Lipinski definition) is 2. The molecule has 1 aliphatic carbocycles. The van der Waals surface area contributed by atoms with Crippen LogP contribution in [0.5, 0.6) is 0 Å². The van der Waals surface area contributed by atoms with E-state index in [2.05, 4.69) is 37.3 Å². The standard InChI is InChI=1S/C18H23NO/c1-2-15-5-7-17(8-6-15)14-20-18-11-9-16(10-12-18)4-3-13-19/h3-8,16,18H,2,9-12,14H2,1H3/b4-3+. The quantitative estimate of drug-likeness (QED) is 0.742. The van der Waals surface area contributed by atoms with Gasteiger partial charge in [0.25, 0.3) is 0 Å². The first-order chi connectivity index (χ1) is 9.81. The fourth-order valence-corrected chi connectivity index (χ4v) is 2.71. The molecule has 2 heteroatoms. The highest BCUT2D eigenvalue weighted by molar-refractivity contribution is 5.21. The van der Waals surface area contributed by atoms with Gasteiger partial charge in [-0.05, 0) is 49.1 Å². The number of allylic oxidation sites excluding steroid dienone is 2. The lowest BCUT2D eigenvalue weighted by molar-refractivity contribution is 0.0110. The van der Waals surface area contributed by atoms with Crippen LogP contribution in [0.25, 0.3) is 0 Å². The van der Waals surface area contributed by atoms with Crippen molar-refractivity contribution in [2.45, 2.75) is 51.7 Å². The first kappa shape index (κ1) is 14.8. The summed E-state index contributed by atoms with van der Waals surface area (Å²) in [6, 6.07) is 10.8. The van der Waals surface area contributed by atoms with E-state index in [0.29, 0.717) is 18.6 Å². The monoisotopic (exact) mass is 269 g/mol. The number of aryl methyl sites for hydroxylation is 1. The Morgan fingerprint density at radius 3 is 2.40 bits per heavy atom. The Bertz CT molecular complexity index is 461. The van der Waals surface area contributed by atoms with Gasteiger partial charge in [0.2, 0.25) is 0 Å². The van der Waals surface area contributed by atoms with Gasteiger partial charge in [-0.15, -0.1) is 0 Å². The number of rotatable bonds is 5. The molecule has 0 amide bonds. The van der Waals surface area contributed by atoms with Crippen LogP contribution in [0.2, 0.25) is 0 Å². The molecule has 106 valence electrons. The maximum Gasteiger partial charge on any atom is 0.0908 e. The van der Waals surface area contributed by atoms with E-state index in [1.807, 2.05) is 6.08 Å². The van der Waals surface area contributed by atoms with Crippen LogP contribution >= 0.6 is 0 Å². The molecule has 0 atom stereocenters. The summed E-state index contributed by atoms with van der Waals surface area (Å²) in [5.41, 5.74) is 2.63. The van der Waals surface area contributed by atoms with Gasteiger partial charge in [0.15, 0.2) is 0 Å². The van der Waals surface area contributed by atoms with Crippen molar-refractivity contribution in [2.75, 3.05) is 0 Å². The third-order valence-corrected chi connectivity index (χ3v) is 4.08. The summed E-state index contributed by atoms with van der Waals surface area (Å²) in [5, 5.41) is 8.54. The number of ether oxygens (including phenoxy) is 1. The molecule has 0 N–H and O–H groups in total. The molecular weight excluding hydrogens is 246 g/mol. The number of benzene rings is 1. The maximum atomic E-state index is 8.54. The summed E-state index contributed by atoms with van der Waals surface area (Å²) in [4.78, 5) is 0. The molecule has 0 heterocycles. The Kier molecular flexibility index (Phi) is 5.83. The second-order valence-electron chi connectivity index (χ2n) is 5.51. The summed E-state index contributed by atoms with van der Waals surface area (Å²) in [7, 11) is 0. The van der Waals surface area contributed by atoms with Gasteiger partial charge in [0, 0.05) is 6.08 Å². The lowest BCUT2D eigenvalue weighted by Gasteiger charge is -2.26. The molecular formula is C18H23NO. The summed E-state index contributed by atoms with van der Waals surface area (Å²) >= 11 is 0. The lowest BCUT2D eigenvalue weighted by atomic mass is 9.87. The smallest absolute Gasteiger partial charge is 0.0908 e. The summed E-state index contributed by atoms with van der Waals surface area (Å²) in [5.74, 6) is 0.568. The minimum atomic E-state index is 0.382. The molecule has 1 fully saturated rings. The number of nitriles is 1. The van der Waals surface area contributed by atoms with Crippen molar-refractivity contribution < 1.29 is 4.74 Å². The van der Waals surface area contributed by atoms with E-state index in [4.69, 9.17) is 10.00 Å². The van der Waals surface area contributed by atoms with E-state index in [-0.39, 0.29) is 0 Å². The molecule has 20 heavy (non-hydrogen) atoms. The van der Waals surface area contributed by atoms with Crippen LogP contribution in [0.4, 0.5) is 0 Å². The SMILES string of the molecule is CCc1ccc(COC2CCC(/C=C/C#N)CC2)cc1. The third kappa shape index (κ3) is 4.51. The fraction of sp³-hybridized carbons (Fsp3) is 0.500. The van der Waals surface area contributed by atoms with Crippen molar-refractivity contribution in [2.24, 2.45) is 5.92 Å². The Morgan fingerprint density at radius 1 is 1.15 bits per heavy atom. The number of hydrogen-bond donors (Lipinski definition) is 0. The van der Waals surface area contributed by atoms with Gasteiger partial charge in [-0.25, -0.2) is 0 Å². The zero-order chi connectivity index (χ0) is 14.2. The van der Waals surface area contributed by atoms with Gasteiger partial charge >= 0.3 is 0 Å². The molecule has 2 rings (SSSR count). The molecule has 0 spiro atoms. The second kappa shape index (κ2) is 7.87. The van der Waals surface area contributed by atoms with E-state index in [9.17, 15) is 0 Å². The van der Waals surface area contributed by atoms with Crippen molar-refractivity contribution in [3.63, 3.8) is 0 Å². The molecule has 0 saturated heterocycles. The minimum absolute atomic E-state index is 0.382. The first-order valence-electron chi connectivity index (χ1n) is 7.57. The normalized spacial score (nSPS) is 22.8. The first-order valence-corrected chi connectivity index (χ1v) is 7.57. The van der Waals surface area contributed by atoms with Crippen molar-refractivity contribution in [3.05, 3.63) is 47.5 Å². The Hall–Kier alpha value is -1.59. The van der Waals surface area contributed by atoms with Gasteiger partial charge in [-0.1, -0.05) is 37.3 Å². The van der Waals surface area contributed by atoms with Crippen LogP contribution in [-0.4, -0.2) is 6.10 Å². The molecule has 2 nitrogen and oxygen atoms in total. The average Bonchev–Trinajstić information content (AvgIpc) is 2.52. The molecule has 1 aliphatic rings. The number of nitrogens with zero attached hydrogens (tertiary/aromatic N) is 1. The Morgan fingerprint density at radius 2 is 1.80 bits per heavy atom. The van der Waals surface area contributed by atoms with E-state index < -0.39 is 0 Å². The van der Waals surface area contributed by atoms with Crippen molar-refractivity contribution in [1.82, 2.24) is 0 Å². The van der Waals surface area contributed by atoms with E-state index in [1.165, 1.54) is 11.1 Å². The fourth-order valence-electron chi connectivity index (χ4n) is 2.71. The molecule has 1 aromatic rings. The van der Waals surface area contributed by atoms with Crippen LogP contribution in [0.1, 0.15) is 43.7 Å². The maximum absolute atomic E-state index is 8.54. The zero-order valence-corrected chi connectivity index (χ0v) is 12.2. The zero-order valence-electron chi connectivity index (χ0n) is 12.2. The van der Waals surface area contributed by atoms with Crippen LogP contribution in [-0.2, 0) is 17.8 Å². The van der Waals surface area contributed by atoms with Crippen molar-refractivity contribution in [3.8, 4) is 6.07 Å². The average molecular weight is 269 g/mol. The molecule has 0 unspecified atom stereocenters. The van der Waals surface area contributed by atoms with Gasteiger partial charge in [0.1, 0.15) is 0 Å². The molecule has 1 saturated carbocycles. The largest absolute Gasteiger partial charge is 0.374 e. The highest BCUT2D eigenvalue weighted by atomic mass is 16.5. The minimum Gasteiger partial charge on any atom is -0.374 e. The summed E-state index contributed by atoms with van der Waals surface area (Å²) in [6.45, 7) is 2.89. The summed E-state index contributed by atoms with van der Waals surface area (Å²) < 4.78 is 6.01. The Labute approximate surface area is 122 Å². The van der Waals surface area contributed by atoms with Crippen molar-refractivity contribution in [1.29, 1.82) is 5.26 Å². The van der Waals surface area contributed by atoms with Gasteiger partial charge in [-0.3, -0.25) is 0 Å². The molecule has 0 aromatic heterocycles. The lowest BCUT2D eigenvalue weighted by Crippen LogP contribution is -2.20. The van der Waals surface area contributed by atoms with Crippen LogP contribution in [0, 0.1) is 17.2 Å². The summed E-state index contributed by atoms with van der Waals surface area (Å²) in [6.07, 6.45) is 9.60. The predicted octanol–water partition coefficient (Wildman–Crippen LogP) is 4.40. The van der Waals surface area contributed by atoms with Crippen LogP contribution in [0.3, 0.4) is 0 Å². The van der Waals surface area contributed by atoms with E-state index in [1.54, 1.807) is 6.08 Å². The third-order valence-electron chi connectivity index (χ3n) is 4.08. The van der Waals surface area contributed by atoms with E-state index in [0.717, 1.165) is 32.1 Å². The highest BCUT2D eigenvalue weighted by Crippen LogP contribution is 2.27. The molecule has 0 radical (unpaired) electrons. The van der Waals surface area contributed by atoms with Crippen LogP contribution in [0.15, 0.2) is 36.4 Å². The Balaban J connectivity index is 1.73. The van der Waals surface area contributed by atoms with Crippen molar-refractivity contribution >= 4 is 0 Å². The molecule has 1 aromatic carbocycles. The van der Waals surface area contributed by atoms with Gasteiger partial charge in [-0.2, -0.15) is 5.26 Å². The molecule has 0 bridgehead atoms.